The Bertz CT molecular complexity index is 897. The van der Waals surface area contributed by atoms with Crippen molar-refractivity contribution in [2.45, 2.75) is 31.6 Å². The van der Waals surface area contributed by atoms with Crippen molar-refractivity contribution in [3.8, 4) is 0 Å². The van der Waals surface area contributed by atoms with Crippen molar-refractivity contribution in [1.82, 2.24) is 4.90 Å². The summed E-state index contributed by atoms with van der Waals surface area (Å²) in [6, 6.07) is 14.2. The van der Waals surface area contributed by atoms with E-state index in [1.165, 1.54) is 16.8 Å². The van der Waals surface area contributed by atoms with Gasteiger partial charge in [0, 0.05) is 28.2 Å². The van der Waals surface area contributed by atoms with Gasteiger partial charge in [-0.2, -0.15) is 5.10 Å². The van der Waals surface area contributed by atoms with Crippen LogP contribution < -0.4 is 5.01 Å². The fourth-order valence-corrected chi connectivity index (χ4v) is 4.84. The van der Waals surface area contributed by atoms with Crippen LogP contribution in [0.4, 0.5) is 5.69 Å². The first-order valence-electron chi connectivity index (χ1n) is 10.3. The zero-order valence-electron chi connectivity index (χ0n) is 16.8. The van der Waals surface area contributed by atoms with Crippen molar-refractivity contribution in [3.05, 3.63) is 69.7 Å². The summed E-state index contributed by atoms with van der Waals surface area (Å²) >= 11 is 12.3. The van der Waals surface area contributed by atoms with Gasteiger partial charge >= 0.3 is 0 Å². The van der Waals surface area contributed by atoms with E-state index >= 15 is 0 Å². The van der Waals surface area contributed by atoms with Crippen LogP contribution in [0, 0.1) is 0 Å². The number of rotatable bonds is 5. The van der Waals surface area contributed by atoms with Gasteiger partial charge in [0.15, 0.2) is 0 Å². The third-order valence-electron chi connectivity index (χ3n) is 6.12. The van der Waals surface area contributed by atoms with Crippen LogP contribution in [0.25, 0.3) is 6.08 Å². The number of likely N-dealkylation sites (tertiary alicyclic amines) is 1. The molecule has 3 nitrogen and oxygen atoms in total. The molecule has 1 saturated heterocycles. The summed E-state index contributed by atoms with van der Waals surface area (Å²) in [5, 5.41) is 8.34. The fraction of sp³-hybridized carbons (Fsp3) is 0.375. The second kappa shape index (κ2) is 8.91. The third kappa shape index (κ3) is 4.53. The Labute approximate surface area is 183 Å². The Kier molecular flexibility index (Phi) is 6.29. The number of fused-ring (bicyclic) bond motifs is 2. The van der Waals surface area contributed by atoms with E-state index in [1.807, 2.05) is 31.3 Å². The number of hydrogen-bond donors (Lipinski definition) is 0. The molecule has 0 bridgehead atoms. The largest absolute Gasteiger partial charge is 0.303 e. The van der Waals surface area contributed by atoms with Gasteiger partial charge in [0.2, 0.25) is 0 Å². The van der Waals surface area contributed by atoms with Gasteiger partial charge in [0.05, 0.1) is 12.2 Å². The predicted octanol–water partition coefficient (Wildman–Crippen LogP) is 6.26. The number of anilines is 1. The minimum Gasteiger partial charge on any atom is -0.303 e. The Balaban J connectivity index is 1.35. The molecular formula is C24H27Cl2N3. The summed E-state index contributed by atoms with van der Waals surface area (Å²) in [6.07, 6.45) is 9.67. The van der Waals surface area contributed by atoms with Crippen molar-refractivity contribution in [3.63, 3.8) is 0 Å². The first kappa shape index (κ1) is 20.5. The summed E-state index contributed by atoms with van der Waals surface area (Å²) in [6.45, 7) is 6.26. The second-order valence-corrected chi connectivity index (χ2v) is 8.83. The first-order chi connectivity index (χ1) is 14.1. The molecule has 152 valence electrons. The maximum Gasteiger partial charge on any atom is 0.0633 e. The van der Waals surface area contributed by atoms with Crippen LogP contribution >= 0.6 is 23.2 Å². The van der Waals surface area contributed by atoms with Gasteiger partial charge in [-0.25, -0.2) is 0 Å². The molecule has 0 aliphatic carbocycles. The molecule has 0 atom stereocenters. The molecule has 0 radical (unpaired) electrons. The fourth-order valence-electron chi connectivity index (χ4n) is 4.54. The van der Waals surface area contributed by atoms with Gasteiger partial charge in [0.25, 0.3) is 0 Å². The number of hydrazone groups is 1. The molecule has 5 heteroatoms. The topological polar surface area (TPSA) is 18.8 Å². The zero-order chi connectivity index (χ0) is 20.3. The van der Waals surface area contributed by atoms with Gasteiger partial charge in [-0.3, -0.25) is 5.01 Å². The van der Waals surface area contributed by atoms with Gasteiger partial charge in [-0.15, -0.1) is 0 Å². The third-order valence-corrected chi connectivity index (χ3v) is 6.61. The summed E-state index contributed by atoms with van der Waals surface area (Å²) in [4.78, 5) is 2.58. The van der Waals surface area contributed by atoms with Crippen molar-refractivity contribution in [2.24, 2.45) is 5.10 Å². The minimum atomic E-state index is 0.169. The summed E-state index contributed by atoms with van der Waals surface area (Å²) in [5.74, 6) is 0. The lowest BCUT2D eigenvalue weighted by Gasteiger charge is -2.39. The first-order valence-corrected chi connectivity index (χ1v) is 11.1. The average molecular weight is 428 g/mol. The number of piperidine rings is 1. The van der Waals surface area contributed by atoms with Crippen LogP contribution in [0.1, 0.15) is 37.3 Å². The number of benzene rings is 2. The monoisotopic (exact) mass is 427 g/mol. The SMILES string of the molecule is C/C=N/N1CC2(CCN(CCC=Cc3ccc(Cl)cc3)CC2)c2cc(Cl)ccc21. The van der Waals surface area contributed by atoms with Crippen LogP contribution in [-0.4, -0.2) is 37.3 Å². The lowest BCUT2D eigenvalue weighted by atomic mass is 9.74. The van der Waals surface area contributed by atoms with E-state index in [0.29, 0.717) is 0 Å². The highest BCUT2D eigenvalue weighted by Crippen LogP contribution is 2.48. The second-order valence-electron chi connectivity index (χ2n) is 7.96. The van der Waals surface area contributed by atoms with Gasteiger partial charge in [-0.1, -0.05) is 47.5 Å². The van der Waals surface area contributed by atoms with Crippen LogP contribution in [0.3, 0.4) is 0 Å². The van der Waals surface area contributed by atoms with Crippen molar-refractivity contribution < 1.29 is 0 Å². The highest BCUT2D eigenvalue weighted by molar-refractivity contribution is 6.31. The van der Waals surface area contributed by atoms with E-state index in [0.717, 1.165) is 55.5 Å². The number of halogens is 2. The molecule has 2 aromatic rings. The lowest BCUT2D eigenvalue weighted by Crippen LogP contribution is -2.44. The Morgan fingerprint density at radius 3 is 2.48 bits per heavy atom. The highest BCUT2D eigenvalue weighted by atomic mass is 35.5. The van der Waals surface area contributed by atoms with Crippen LogP contribution in [-0.2, 0) is 5.41 Å². The molecule has 29 heavy (non-hydrogen) atoms. The van der Waals surface area contributed by atoms with Crippen LogP contribution in [0.5, 0.6) is 0 Å². The molecule has 2 aliphatic heterocycles. The molecule has 2 aliphatic rings. The summed E-state index contributed by atoms with van der Waals surface area (Å²) < 4.78 is 0. The maximum absolute atomic E-state index is 6.34. The standard InChI is InChI=1S/C24H27Cl2N3/c1-2-27-29-18-24(22-17-21(26)10-11-23(22)29)12-15-28(16-13-24)14-4-3-5-19-6-8-20(25)9-7-19/h2-3,5-11,17H,4,12-16,18H2,1H3/b5-3?,27-2+. The van der Waals surface area contributed by atoms with Crippen LogP contribution in [0.2, 0.25) is 10.0 Å². The molecule has 0 amide bonds. The summed E-state index contributed by atoms with van der Waals surface area (Å²) in [7, 11) is 0. The number of hydrogen-bond acceptors (Lipinski definition) is 3. The van der Waals surface area contributed by atoms with E-state index in [-0.39, 0.29) is 5.41 Å². The van der Waals surface area contributed by atoms with E-state index < -0.39 is 0 Å². The Hall–Kier alpha value is -1.81. The van der Waals surface area contributed by atoms with E-state index in [9.17, 15) is 0 Å². The Morgan fingerprint density at radius 2 is 1.76 bits per heavy atom. The molecular weight excluding hydrogens is 401 g/mol. The highest BCUT2D eigenvalue weighted by Gasteiger charge is 2.44. The molecule has 0 saturated carbocycles. The zero-order valence-corrected chi connectivity index (χ0v) is 18.3. The molecule has 0 unspecified atom stereocenters. The van der Waals surface area contributed by atoms with Crippen LogP contribution in [0.15, 0.2) is 53.6 Å². The van der Waals surface area contributed by atoms with E-state index in [1.54, 1.807) is 0 Å². The predicted molar refractivity (Wildman–Crippen MR) is 125 cm³/mol. The molecule has 2 heterocycles. The van der Waals surface area contributed by atoms with E-state index in [2.05, 4.69) is 51.4 Å². The molecule has 4 rings (SSSR count). The van der Waals surface area contributed by atoms with Gasteiger partial charge < -0.3 is 4.90 Å². The smallest absolute Gasteiger partial charge is 0.0633 e. The van der Waals surface area contributed by atoms with Crippen molar-refractivity contribution in [1.29, 1.82) is 0 Å². The Morgan fingerprint density at radius 1 is 1.03 bits per heavy atom. The lowest BCUT2D eigenvalue weighted by molar-refractivity contribution is 0.169. The average Bonchev–Trinajstić information content (AvgIpc) is 3.01. The normalized spacial score (nSPS) is 18.9. The maximum atomic E-state index is 6.34. The molecule has 0 N–H and O–H groups in total. The quantitative estimate of drug-likeness (QED) is 0.524. The van der Waals surface area contributed by atoms with Gasteiger partial charge in [0.1, 0.15) is 0 Å². The summed E-state index contributed by atoms with van der Waals surface area (Å²) in [5.41, 5.74) is 3.95. The molecule has 2 aromatic carbocycles. The van der Waals surface area contributed by atoms with Gasteiger partial charge in [-0.05, 0) is 80.7 Å². The minimum absolute atomic E-state index is 0.169. The molecule has 1 spiro atoms. The van der Waals surface area contributed by atoms with E-state index in [4.69, 9.17) is 23.2 Å². The molecule has 1 fully saturated rings. The van der Waals surface area contributed by atoms with Crippen molar-refractivity contribution >= 4 is 41.2 Å². The number of nitrogens with zero attached hydrogens (tertiary/aromatic N) is 3. The molecule has 0 aromatic heterocycles. The van der Waals surface area contributed by atoms with Crippen molar-refractivity contribution in [2.75, 3.05) is 31.2 Å².